The molecule has 7 nitrogen and oxygen atoms in total. The molecule has 0 bridgehead atoms. The van der Waals surface area contributed by atoms with Gasteiger partial charge in [0.1, 0.15) is 5.69 Å². The van der Waals surface area contributed by atoms with Gasteiger partial charge in [-0.25, -0.2) is 13.4 Å². The summed E-state index contributed by atoms with van der Waals surface area (Å²) in [5, 5.41) is 0. The number of nitrogens with one attached hydrogen (secondary N) is 1. The molecule has 0 unspecified atom stereocenters. The Balaban J connectivity index is 1.83. The molecule has 0 spiro atoms. The van der Waals surface area contributed by atoms with Crippen LogP contribution in [0.3, 0.4) is 0 Å². The summed E-state index contributed by atoms with van der Waals surface area (Å²) < 4.78 is 27.8. The van der Waals surface area contributed by atoms with Gasteiger partial charge in [-0.1, -0.05) is 29.8 Å². The zero-order valence-electron chi connectivity index (χ0n) is 15.4. The predicted octanol–water partition coefficient (Wildman–Crippen LogP) is 2.39. The molecule has 2 aromatic rings. The number of hydrogen-bond acceptors (Lipinski definition) is 6. The van der Waals surface area contributed by atoms with Gasteiger partial charge in [-0.15, -0.1) is 0 Å². The Labute approximate surface area is 155 Å². The van der Waals surface area contributed by atoms with E-state index in [9.17, 15) is 8.42 Å². The van der Waals surface area contributed by atoms with E-state index in [1.165, 1.54) is 0 Å². The van der Waals surface area contributed by atoms with Crippen molar-refractivity contribution in [2.45, 2.75) is 25.5 Å². The quantitative estimate of drug-likeness (QED) is 0.835. The second kappa shape index (κ2) is 7.49. The summed E-state index contributed by atoms with van der Waals surface area (Å²) in [5.41, 5.74) is 2.18. The molecule has 1 N–H and O–H groups in total. The van der Waals surface area contributed by atoms with Gasteiger partial charge < -0.3 is 9.80 Å². The molecule has 0 radical (unpaired) electrons. The molecular weight excluding hydrogens is 350 g/mol. The van der Waals surface area contributed by atoms with Crippen LogP contribution in [0, 0.1) is 6.92 Å². The predicted molar refractivity (Wildman–Crippen MR) is 105 cm³/mol. The Hall–Kier alpha value is -2.35. The number of aryl methyl sites for hydroxylation is 1. The number of nitrogens with zero attached hydrogens (tertiary/aromatic N) is 4. The van der Waals surface area contributed by atoms with E-state index < -0.39 is 10.0 Å². The Morgan fingerprint density at radius 2 is 1.96 bits per heavy atom. The van der Waals surface area contributed by atoms with Gasteiger partial charge in [0.15, 0.2) is 5.82 Å². The van der Waals surface area contributed by atoms with Gasteiger partial charge in [0.05, 0.1) is 11.9 Å². The fourth-order valence-corrected chi connectivity index (χ4v) is 4.24. The topological polar surface area (TPSA) is 78.4 Å². The first-order chi connectivity index (χ1) is 12.3. The number of benzene rings is 1. The fraction of sp³-hybridized carbons (Fsp3) is 0.444. The van der Waals surface area contributed by atoms with Crippen molar-refractivity contribution in [2.75, 3.05) is 41.7 Å². The molecule has 1 aromatic carbocycles. The Morgan fingerprint density at radius 1 is 1.23 bits per heavy atom. The van der Waals surface area contributed by atoms with E-state index in [-0.39, 0.29) is 5.75 Å². The minimum absolute atomic E-state index is 0.0879. The average Bonchev–Trinajstić information content (AvgIpc) is 3.08. The van der Waals surface area contributed by atoms with Gasteiger partial charge in [0, 0.05) is 27.2 Å². The first kappa shape index (κ1) is 18.4. The highest BCUT2D eigenvalue weighted by molar-refractivity contribution is 7.91. The first-order valence-corrected chi connectivity index (χ1v) is 10.3. The van der Waals surface area contributed by atoms with Crippen molar-refractivity contribution < 1.29 is 8.42 Å². The van der Waals surface area contributed by atoms with Crippen LogP contribution in [-0.2, 0) is 15.8 Å². The van der Waals surface area contributed by atoms with E-state index in [2.05, 4.69) is 19.6 Å². The highest BCUT2D eigenvalue weighted by Crippen LogP contribution is 2.26. The molecular formula is C18H25N5O2S. The largest absolute Gasteiger partial charge is 0.361 e. The molecule has 26 heavy (non-hydrogen) atoms. The maximum absolute atomic E-state index is 12.6. The molecule has 1 aromatic heterocycles. The van der Waals surface area contributed by atoms with Crippen molar-refractivity contribution in [1.29, 1.82) is 0 Å². The SMILES string of the molecule is Cc1cccc(CS(=O)(=O)Nc2cnc(N3CCCC3)nc2N(C)C)c1. The van der Waals surface area contributed by atoms with E-state index in [0.29, 0.717) is 17.5 Å². The van der Waals surface area contributed by atoms with Crippen molar-refractivity contribution in [1.82, 2.24) is 9.97 Å². The molecule has 1 saturated heterocycles. The lowest BCUT2D eigenvalue weighted by Crippen LogP contribution is -2.24. The molecule has 1 aliphatic rings. The van der Waals surface area contributed by atoms with Crippen LogP contribution in [0.4, 0.5) is 17.5 Å². The molecule has 8 heteroatoms. The molecule has 2 heterocycles. The van der Waals surface area contributed by atoms with Gasteiger partial charge in [-0.05, 0) is 25.3 Å². The van der Waals surface area contributed by atoms with E-state index >= 15 is 0 Å². The van der Waals surface area contributed by atoms with Crippen LogP contribution in [-0.4, -0.2) is 45.6 Å². The summed E-state index contributed by atoms with van der Waals surface area (Å²) in [6, 6.07) is 7.49. The highest BCUT2D eigenvalue weighted by Gasteiger charge is 2.20. The Morgan fingerprint density at radius 3 is 2.62 bits per heavy atom. The van der Waals surface area contributed by atoms with Crippen LogP contribution in [0.5, 0.6) is 0 Å². The van der Waals surface area contributed by atoms with E-state index in [4.69, 9.17) is 0 Å². The number of anilines is 3. The van der Waals surface area contributed by atoms with E-state index in [0.717, 1.165) is 37.1 Å². The molecule has 3 rings (SSSR count). The van der Waals surface area contributed by atoms with Gasteiger partial charge in [-0.3, -0.25) is 4.72 Å². The number of hydrogen-bond donors (Lipinski definition) is 1. The van der Waals surface area contributed by atoms with Gasteiger partial charge >= 0.3 is 0 Å². The lowest BCUT2D eigenvalue weighted by Gasteiger charge is -2.21. The van der Waals surface area contributed by atoms with Crippen molar-refractivity contribution in [2.24, 2.45) is 0 Å². The molecule has 1 fully saturated rings. The van der Waals surface area contributed by atoms with Crippen LogP contribution in [0.2, 0.25) is 0 Å². The standard InChI is InChI=1S/C18H25N5O2S/c1-14-7-6-8-15(11-14)13-26(24,25)21-16-12-19-18(20-17(16)22(2)3)23-9-4-5-10-23/h6-8,11-12,21H,4-5,9-10,13H2,1-3H3. The Kier molecular flexibility index (Phi) is 5.31. The van der Waals surface area contributed by atoms with Gasteiger partial charge in [-0.2, -0.15) is 4.98 Å². The molecule has 1 aliphatic heterocycles. The van der Waals surface area contributed by atoms with Crippen LogP contribution < -0.4 is 14.5 Å². The third-order valence-corrected chi connectivity index (χ3v) is 5.52. The van der Waals surface area contributed by atoms with Crippen LogP contribution in [0.1, 0.15) is 24.0 Å². The zero-order chi connectivity index (χ0) is 18.7. The van der Waals surface area contributed by atoms with Crippen molar-refractivity contribution in [3.63, 3.8) is 0 Å². The molecule has 0 aliphatic carbocycles. The van der Waals surface area contributed by atoms with Crippen molar-refractivity contribution in [3.05, 3.63) is 41.6 Å². The molecule has 0 saturated carbocycles. The summed E-state index contributed by atoms with van der Waals surface area (Å²) in [6.07, 6.45) is 3.82. The minimum atomic E-state index is -3.56. The van der Waals surface area contributed by atoms with Crippen LogP contribution in [0.15, 0.2) is 30.5 Å². The average molecular weight is 375 g/mol. The summed E-state index contributed by atoms with van der Waals surface area (Å²) in [4.78, 5) is 12.9. The minimum Gasteiger partial charge on any atom is -0.361 e. The number of sulfonamides is 1. The molecule has 140 valence electrons. The van der Waals surface area contributed by atoms with E-state index in [1.54, 1.807) is 11.1 Å². The molecule has 0 amide bonds. The molecule has 0 atom stereocenters. The lowest BCUT2D eigenvalue weighted by molar-refractivity contribution is 0.600. The summed E-state index contributed by atoms with van der Waals surface area (Å²) >= 11 is 0. The van der Waals surface area contributed by atoms with E-state index in [1.807, 2.05) is 45.3 Å². The summed E-state index contributed by atoms with van der Waals surface area (Å²) in [7, 11) is 0.121. The van der Waals surface area contributed by atoms with Gasteiger partial charge in [0.25, 0.3) is 0 Å². The number of aromatic nitrogens is 2. The summed E-state index contributed by atoms with van der Waals surface area (Å²) in [5.74, 6) is 1.12. The second-order valence-corrected chi connectivity index (χ2v) is 8.57. The third-order valence-electron chi connectivity index (χ3n) is 4.27. The highest BCUT2D eigenvalue weighted by atomic mass is 32.2. The normalized spacial score (nSPS) is 14.5. The third kappa shape index (κ3) is 4.43. The smallest absolute Gasteiger partial charge is 0.237 e. The maximum atomic E-state index is 12.6. The maximum Gasteiger partial charge on any atom is 0.237 e. The first-order valence-electron chi connectivity index (χ1n) is 8.69. The van der Waals surface area contributed by atoms with Crippen molar-refractivity contribution >= 4 is 27.5 Å². The fourth-order valence-electron chi connectivity index (χ4n) is 3.07. The summed E-state index contributed by atoms with van der Waals surface area (Å²) in [6.45, 7) is 3.81. The zero-order valence-corrected chi connectivity index (χ0v) is 16.3. The van der Waals surface area contributed by atoms with Crippen LogP contribution >= 0.6 is 0 Å². The lowest BCUT2D eigenvalue weighted by atomic mass is 10.2. The monoisotopic (exact) mass is 375 g/mol. The second-order valence-electron chi connectivity index (χ2n) is 6.85. The van der Waals surface area contributed by atoms with Crippen molar-refractivity contribution in [3.8, 4) is 0 Å². The van der Waals surface area contributed by atoms with Gasteiger partial charge in [0.2, 0.25) is 16.0 Å². The Bertz CT molecular complexity index is 877. The van der Waals surface area contributed by atoms with Crippen LogP contribution in [0.25, 0.3) is 0 Å². The number of rotatable bonds is 6.